The van der Waals surface area contributed by atoms with Crippen molar-refractivity contribution in [2.24, 2.45) is 0 Å². The van der Waals surface area contributed by atoms with Crippen LogP contribution < -0.4 is 4.74 Å². The number of aromatic nitrogens is 1. The number of hydrogen-bond donors (Lipinski definition) is 1. The smallest absolute Gasteiger partial charge is 0.341 e. The molecule has 1 N–H and O–H groups in total. The number of pyridine rings is 1. The van der Waals surface area contributed by atoms with E-state index in [1.807, 2.05) is 7.05 Å². The van der Waals surface area contributed by atoms with Gasteiger partial charge in [-0.3, -0.25) is 0 Å². The van der Waals surface area contributed by atoms with Crippen LogP contribution in [0.3, 0.4) is 0 Å². The molecule has 0 amide bonds. The summed E-state index contributed by atoms with van der Waals surface area (Å²) in [5.74, 6) is -0.780. The molecule has 5 heteroatoms. The lowest BCUT2D eigenvalue weighted by Crippen LogP contribution is -2.39. The van der Waals surface area contributed by atoms with Crippen LogP contribution in [0.5, 0.6) is 5.88 Å². The van der Waals surface area contributed by atoms with Crippen LogP contribution in [-0.2, 0) is 0 Å². The van der Waals surface area contributed by atoms with Crippen LogP contribution in [0, 0.1) is 0 Å². The number of nitrogens with zero attached hydrogens (tertiary/aromatic N) is 2. The first-order chi connectivity index (χ1) is 8.16. The summed E-state index contributed by atoms with van der Waals surface area (Å²) in [4.78, 5) is 17.2. The Morgan fingerprint density at radius 2 is 2.47 bits per heavy atom. The fourth-order valence-corrected chi connectivity index (χ4v) is 2.02. The summed E-state index contributed by atoms with van der Waals surface area (Å²) in [6.07, 6.45) is 3.59. The van der Waals surface area contributed by atoms with E-state index in [1.165, 1.54) is 6.07 Å². The normalized spacial score (nSPS) is 21.1. The summed E-state index contributed by atoms with van der Waals surface area (Å²) >= 11 is 0. The molecule has 1 aliphatic rings. The van der Waals surface area contributed by atoms with E-state index in [0.717, 1.165) is 25.9 Å². The van der Waals surface area contributed by atoms with Crippen molar-refractivity contribution in [3.8, 4) is 5.88 Å². The largest absolute Gasteiger partial charge is 0.477 e. The van der Waals surface area contributed by atoms with Crippen molar-refractivity contribution < 1.29 is 14.6 Å². The topological polar surface area (TPSA) is 62.7 Å². The number of aromatic carboxylic acids is 1. The Labute approximate surface area is 100 Å². The van der Waals surface area contributed by atoms with Crippen LogP contribution in [0.1, 0.15) is 23.2 Å². The number of piperidine rings is 1. The third-order valence-electron chi connectivity index (χ3n) is 2.86. The fraction of sp³-hybridized carbons (Fsp3) is 0.500. The number of ether oxygens (including phenoxy) is 1. The van der Waals surface area contributed by atoms with Crippen LogP contribution >= 0.6 is 0 Å². The molecule has 1 unspecified atom stereocenters. The lowest BCUT2D eigenvalue weighted by Gasteiger charge is -2.29. The van der Waals surface area contributed by atoms with E-state index in [2.05, 4.69) is 9.88 Å². The Morgan fingerprint density at radius 1 is 1.65 bits per heavy atom. The number of carbonyl (C=O) groups is 1. The third-order valence-corrected chi connectivity index (χ3v) is 2.86. The van der Waals surface area contributed by atoms with Gasteiger partial charge in [0.15, 0.2) is 0 Å². The Balaban J connectivity index is 2.10. The maximum atomic E-state index is 11.0. The van der Waals surface area contributed by atoms with Crippen molar-refractivity contribution in [2.45, 2.75) is 18.9 Å². The molecule has 2 heterocycles. The molecular weight excluding hydrogens is 220 g/mol. The first-order valence-corrected chi connectivity index (χ1v) is 5.70. The summed E-state index contributed by atoms with van der Waals surface area (Å²) in [6, 6.07) is 3.11. The maximum absolute atomic E-state index is 11.0. The van der Waals surface area contributed by atoms with Gasteiger partial charge in [-0.2, -0.15) is 0 Å². The van der Waals surface area contributed by atoms with Crippen molar-refractivity contribution in [3.63, 3.8) is 0 Å². The van der Waals surface area contributed by atoms with Gasteiger partial charge < -0.3 is 14.7 Å². The highest BCUT2D eigenvalue weighted by Gasteiger charge is 2.21. The van der Waals surface area contributed by atoms with Crippen molar-refractivity contribution in [3.05, 3.63) is 23.9 Å². The van der Waals surface area contributed by atoms with Crippen LogP contribution in [0.25, 0.3) is 0 Å². The molecular formula is C12H16N2O3. The van der Waals surface area contributed by atoms with Gasteiger partial charge in [-0.05, 0) is 38.6 Å². The minimum atomic E-state index is -1.00. The molecule has 17 heavy (non-hydrogen) atoms. The van der Waals surface area contributed by atoms with Gasteiger partial charge in [-0.15, -0.1) is 0 Å². The molecule has 0 spiro atoms. The first-order valence-electron chi connectivity index (χ1n) is 5.70. The Hall–Kier alpha value is -1.62. The molecule has 92 valence electrons. The molecule has 1 aliphatic heterocycles. The van der Waals surface area contributed by atoms with Gasteiger partial charge in [-0.1, -0.05) is 0 Å². The molecule has 0 aromatic carbocycles. The zero-order chi connectivity index (χ0) is 12.3. The zero-order valence-corrected chi connectivity index (χ0v) is 9.80. The van der Waals surface area contributed by atoms with E-state index < -0.39 is 5.97 Å². The quantitative estimate of drug-likeness (QED) is 0.855. The zero-order valence-electron chi connectivity index (χ0n) is 9.80. The van der Waals surface area contributed by atoms with E-state index in [9.17, 15) is 4.79 Å². The molecule has 0 saturated carbocycles. The molecule has 1 atom stereocenters. The number of likely N-dealkylation sites (N-methyl/N-ethyl adjacent to an activating group) is 1. The molecule has 2 rings (SSSR count). The monoisotopic (exact) mass is 236 g/mol. The number of hydrogen-bond acceptors (Lipinski definition) is 4. The lowest BCUT2D eigenvalue weighted by atomic mass is 10.1. The predicted octanol–water partition coefficient (Wildman–Crippen LogP) is 1.25. The SMILES string of the molecule is CN1CCCC(Oc2ncccc2C(=O)O)C1. The van der Waals surface area contributed by atoms with Gasteiger partial charge in [-0.25, -0.2) is 9.78 Å². The summed E-state index contributed by atoms with van der Waals surface area (Å²) in [5, 5.41) is 9.02. The Bertz CT molecular complexity index is 408. The van der Waals surface area contributed by atoms with E-state index in [0.29, 0.717) is 0 Å². The Morgan fingerprint density at radius 3 is 3.18 bits per heavy atom. The van der Waals surface area contributed by atoms with Gasteiger partial charge in [0, 0.05) is 12.7 Å². The lowest BCUT2D eigenvalue weighted by molar-refractivity contribution is 0.0673. The van der Waals surface area contributed by atoms with Crippen molar-refractivity contribution in [2.75, 3.05) is 20.1 Å². The second kappa shape index (κ2) is 5.14. The molecule has 0 bridgehead atoms. The van der Waals surface area contributed by atoms with E-state index in [4.69, 9.17) is 9.84 Å². The summed E-state index contributed by atoms with van der Waals surface area (Å²) in [5.41, 5.74) is 0.126. The van der Waals surface area contributed by atoms with Crippen molar-refractivity contribution in [1.29, 1.82) is 0 Å². The van der Waals surface area contributed by atoms with Crippen molar-refractivity contribution in [1.82, 2.24) is 9.88 Å². The molecule has 1 saturated heterocycles. The summed E-state index contributed by atoms with van der Waals surface area (Å²) < 4.78 is 5.68. The van der Waals surface area contributed by atoms with Crippen LogP contribution in [0.15, 0.2) is 18.3 Å². The maximum Gasteiger partial charge on any atom is 0.341 e. The Kier molecular flexibility index (Phi) is 3.58. The number of likely N-dealkylation sites (tertiary alicyclic amines) is 1. The highest BCUT2D eigenvalue weighted by Crippen LogP contribution is 2.19. The summed E-state index contributed by atoms with van der Waals surface area (Å²) in [6.45, 7) is 1.88. The van der Waals surface area contributed by atoms with Crippen molar-refractivity contribution >= 4 is 5.97 Å². The van der Waals surface area contributed by atoms with Gasteiger partial charge in [0.2, 0.25) is 5.88 Å². The fourth-order valence-electron chi connectivity index (χ4n) is 2.02. The van der Waals surface area contributed by atoms with E-state index in [-0.39, 0.29) is 17.5 Å². The van der Waals surface area contributed by atoms with Gasteiger partial charge in [0.25, 0.3) is 0 Å². The van der Waals surface area contributed by atoms with Gasteiger partial charge in [0.1, 0.15) is 11.7 Å². The third kappa shape index (κ3) is 2.94. The van der Waals surface area contributed by atoms with Gasteiger partial charge >= 0.3 is 5.97 Å². The highest BCUT2D eigenvalue weighted by molar-refractivity contribution is 5.90. The number of carboxylic acids is 1. The average molecular weight is 236 g/mol. The van der Waals surface area contributed by atoms with Crippen LogP contribution in [0.4, 0.5) is 0 Å². The second-order valence-electron chi connectivity index (χ2n) is 4.31. The van der Waals surface area contributed by atoms with Gasteiger partial charge in [0.05, 0.1) is 0 Å². The molecule has 5 nitrogen and oxygen atoms in total. The molecule has 0 aliphatic carbocycles. The summed E-state index contributed by atoms with van der Waals surface area (Å²) in [7, 11) is 2.03. The highest BCUT2D eigenvalue weighted by atomic mass is 16.5. The number of carboxylic acid groups (broad SMARTS) is 1. The molecule has 1 aromatic heterocycles. The van der Waals surface area contributed by atoms with Crippen LogP contribution in [0.2, 0.25) is 0 Å². The van der Waals surface area contributed by atoms with E-state index in [1.54, 1.807) is 12.3 Å². The molecule has 1 fully saturated rings. The standard InChI is InChI=1S/C12H16N2O3/c1-14-7-3-4-9(8-14)17-11-10(12(15)16)5-2-6-13-11/h2,5-6,9H,3-4,7-8H2,1H3,(H,15,16). The second-order valence-corrected chi connectivity index (χ2v) is 4.31. The first kappa shape index (κ1) is 11.9. The average Bonchev–Trinajstić information content (AvgIpc) is 2.29. The molecule has 0 radical (unpaired) electrons. The molecule has 1 aromatic rings. The predicted molar refractivity (Wildman–Crippen MR) is 62.3 cm³/mol. The minimum Gasteiger partial charge on any atom is -0.477 e. The number of rotatable bonds is 3. The van der Waals surface area contributed by atoms with Crippen LogP contribution in [-0.4, -0.2) is 47.2 Å². The minimum absolute atomic E-state index is 0.0294. The van der Waals surface area contributed by atoms with E-state index >= 15 is 0 Å².